The SMILES string of the molecule is CCCC/C(C)=N\N=C(N)N. The van der Waals surface area contributed by atoms with Crippen molar-refractivity contribution in [1.82, 2.24) is 0 Å². The van der Waals surface area contributed by atoms with Gasteiger partial charge in [0.25, 0.3) is 0 Å². The molecule has 0 aromatic carbocycles. The number of guanidine groups is 1. The molecule has 0 aromatic rings. The van der Waals surface area contributed by atoms with Crippen LogP contribution in [-0.2, 0) is 0 Å². The maximum Gasteiger partial charge on any atom is 0.211 e. The Kier molecular flexibility index (Phi) is 5.15. The number of nitrogens with two attached hydrogens (primary N) is 2. The first-order valence-electron chi connectivity index (χ1n) is 3.79. The zero-order valence-electron chi connectivity index (χ0n) is 7.17. The second-order valence-electron chi connectivity index (χ2n) is 2.46. The van der Waals surface area contributed by atoms with Crippen LogP contribution in [0.5, 0.6) is 0 Å². The lowest BCUT2D eigenvalue weighted by molar-refractivity contribution is 0.830. The van der Waals surface area contributed by atoms with Crippen molar-refractivity contribution in [1.29, 1.82) is 0 Å². The first kappa shape index (κ1) is 9.94. The Bertz CT molecular complexity index is 156. The van der Waals surface area contributed by atoms with Gasteiger partial charge in [0.05, 0.1) is 0 Å². The Labute approximate surface area is 67.4 Å². The van der Waals surface area contributed by atoms with E-state index >= 15 is 0 Å². The third kappa shape index (κ3) is 6.83. The van der Waals surface area contributed by atoms with Gasteiger partial charge in [0.2, 0.25) is 5.96 Å². The molecule has 0 rings (SSSR count). The second-order valence-corrected chi connectivity index (χ2v) is 2.46. The summed E-state index contributed by atoms with van der Waals surface area (Å²) in [4.78, 5) is 0. The molecule has 0 unspecified atom stereocenters. The lowest BCUT2D eigenvalue weighted by Gasteiger charge is -1.94. The van der Waals surface area contributed by atoms with Gasteiger partial charge in [-0.1, -0.05) is 13.3 Å². The highest BCUT2D eigenvalue weighted by atomic mass is 15.3. The summed E-state index contributed by atoms with van der Waals surface area (Å²) in [6.07, 6.45) is 3.26. The van der Waals surface area contributed by atoms with E-state index in [9.17, 15) is 0 Å². The zero-order valence-corrected chi connectivity index (χ0v) is 7.17. The minimum atomic E-state index is 0.0147. The van der Waals surface area contributed by atoms with E-state index in [2.05, 4.69) is 17.1 Å². The van der Waals surface area contributed by atoms with Crippen LogP contribution in [0.25, 0.3) is 0 Å². The van der Waals surface area contributed by atoms with Crippen molar-refractivity contribution in [2.75, 3.05) is 0 Å². The van der Waals surface area contributed by atoms with Crippen molar-refractivity contribution in [3.63, 3.8) is 0 Å². The lowest BCUT2D eigenvalue weighted by atomic mass is 10.2. The average Bonchev–Trinajstić information content (AvgIpc) is 1.97. The summed E-state index contributed by atoms with van der Waals surface area (Å²) in [6, 6.07) is 0. The van der Waals surface area contributed by atoms with Gasteiger partial charge < -0.3 is 11.5 Å². The van der Waals surface area contributed by atoms with Crippen molar-refractivity contribution in [3.8, 4) is 0 Å². The molecule has 0 aliphatic heterocycles. The second kappa shape index (κ2) is 5.70. The summed E-state index contributed by atoms with van der Waals surface area (Å²) in [7, 11) is 0. The molecule has 0 spiro atoms. The molecule has 4 N–H and O–H groups in total. The van der Waals surface area contributed by atoms with Crippen LogP contribution in [0.1, 0.15) is 33.1 Å². The monoisotopic (exact) mass is 156 g/mol. The fraction of sp³-hybridized carbons (Fsp3) is 0.714. The molecule has 0 aliphatic rings. The van der Waals surface area contributed by atoms with Gasteiger partial charge in [0.1, 0.15) is 0 Å². The van der Waals surface area contributed by atoms with E-state index in [1.165, 1.54) is 0 Å². The average molecular weight is 156 g/mol. The van der Waals surface area contributed by atoms with E-state index in [0.29, 0.717) is 0 Å². The van der Waals surface area contributed by atoms with Crippen molar-refractivity contribution < 1.29 is 0 Å². The summed E-state index contributed by atoms with van der Waals surface area (Å²) < 4.78 is 0. The Balaban J connectivity index is 3.72. The summed E-state index contributed by atoms with van der Waals surface area (Å²) in [5.41, 5.74) is 11.2. The summed E-state index contributed by atoms with van der Waals surface area (Å²) in [5, 5.41) is 7.35. The molecule has 0 aliphatic carbocycles. The highest BCUT2D eigenvalue weighted by Crippen LogP contribution is 1.96. The van der Waals surface area contributed by atoms with Gasteiger partial charge in [-0.15, -0.1) is 5.10 Å². The van der Waals surface area contributed by atoms with E-state index < -0.39 is 0 Å². The number of nitrogens with zero attached hydrogens (tertiary/aromatic N) is 2. The molecule has 0 saturated heterocycles. The fourth-order valence-corrected chi connectivity index (χ4v) is 0.626. The van der Waals surface area contributed by atoms with Crippen LogP contribution in [0, 0.1) is 0 Å². The molecule has 0 amide bonds. The highest BCUT2D eigenvalue weighted by Gasteiger charge is 1.88. The van der Waals surface area contributed by atoms with Crippen molar-refractivity contribution >= 4 is 11.7 Å². The zero-order chi connectivity index (χ0) is 8.69. The van der Waals surface area contributed by atoms with E-state index in [4.69, 9.17) is 11.5 Å². The van der Waals surface area contributed by atoms with Crippen molar-refractivity contribution in [2.24, 2.45) is 21.7 Å². The van der Waals surface area contributed by atoms with Crippen LogP contribution in [0.15, 0.2) is 10.2 Å². The molecular formula is C7H16N4. The minimum Gasteiger partial charge on any atom is -0.369 e. The lowest BCUT2D eigenvalue weighted by Crippen LogP contribution is -2.22. The summed E-state index contributed by atoms with van der Waals surface area (Å²) in [6.45, 7) is 4.05. The van der Waals surface area contributed by atoms with Crippen molar-refractivity contribution in [3.05, 3.63) is 0 Å². The smallest absolute Gasteiger partial charge is 0.211 e. The van der Waals surface area contributed by atoms with E-state index in [1.54, 1.807) is 0 Å². The van der Waals surface area contributed by atoms with E-state index in [0.717, 1.165) is 25.0 Å². The molecule has 0 saturated carbocycles. The quantitative estimate of drug-likeness (QED) is 0.359. The number of hydrogen-bond acceptors (Lipinski definition) is 2. The molecular weight excluding hydrogens is 140 g/mol. The van der Waals surface area contributed by atoms with Gasteiger partial charge in [-0.25, -0.2) is 0 Å². The molecule has 11 heavy (non-hydrogen) atoms. The maximum absolute atomic E-state index is 5.09. The third-order valence-corrected chi connectivity index (χ3v) is 1.23. The van der Waals surface area contributed by atoms with Gasteiger partial charge in [-0.3, -0.25) is 0 Å². The van der Waals surface area contributed by atoms with Crippen LogP contribution >= 0.6 is 0 Å². The highest BCUT2D eigenvalue weighted by molar-refractivity contribution is 5.83. The molecule has 0 aromatic heterocycles. The standard InChI is InChI=1S/C7H16N4/c1-3-4-5-6(2)10-11-7(8)9/h3-5H2,1-2H3,(H4,8,9,11)/b10-6-. The normalized spacial score (nSPS) is 11.3. The van der Waals surface area contributed by atoms with Crippen LogP contribution in [-0.4, -0.2) is 11.7 Å². The molecule has 4 nitrogen and oxygen atoms in total. The predicted octanol–water partition coefficient (Wildman–Crippen LogP) is 0.826. The number of hydrogen-bond donors (Lipinski definition) is 2. The fourth-order valence-electron chi connectivity index (χ4n) is 0.626. The maximum atomic E-state index is 5.09. The largest absolute Gasteiger partial charge is 0.369 e. The molecule has 64 valence electrons. The third-order valence-electron chi connectivity index (χ3n) is 1.23. The van der Waals surface area contributed by atoms with E-state index in [1.807, 2.05) is 6.92 Å². The van der Waals surface area contributed by atoms with E-state index in [-0.39, 0.29) is 5.96 Å². The first-order chi connectivity index (χ1) is 5.16. The van der Waals surface area contributed by atoms with Gasteiger partial charge in [-0.05, 0) is 19.8 Å². The Hall–Kier alpha value is -1.06. The molecule has 0 fully saturated rings. The van der Waals surface area contributed by atoms with Gasteiger partial charge >= 0.3 is 0 Å². The Morgan fingerprint density at radius 1 is 1.27 bits per heavy atom. The molecule has 0 heterocycles. The van der Waals surface area contributed by atoms with Crippen molar-refractivity contribution in [2.45, 2.75) is 33.1 Å². The minimum absolute atomic E-state index is 0.0147. The van der Waals surface area contributed by atoms with Crippen LogP contribution in [0.4, 0.5) is 0 Å². The Morgan fingerprint density at radius 3 is 2.36 bits per heavy atom. The van der Waals surface area contributed by atoms with Crippen LogP contribution in [0.2, 0.25) is 0 Å². The Morgan fingerprint density at radius 2 is 1.91 bits per heavy atom. The predicted molar refractivity (Wildman–Crippen MR) is 48.4 cm³/mol. The first-order valence-corrected chi connectivity index (χ1v) is 3.79. The topological polar surface area (TPSA) is 76.8 Å². The van der Waals surface area contributed by atoms with Gasteiger partial charge in [0.15, 0.2) is 0 Å². The molecule has 0 radical (unpaired) electrons. The number of rotatable bonds is 4. The summed E-state index contributed by atoms with van der Waals surface area (Å²) in [5.74, 6) is 0.0147. The van der Waals surface area contributed by atoms with Crippen LogP contribution < -0.4 is 11.5 Å². The van der Waals surface area contributed by atoms with Crippen LogP contribution in [0.3, 0.4) is 0 Å². The molecule has 0 bridgehead atoms. The van der Waals surface area contributed by atoms with Gasteiger partial charge in [-0.2, -0.15) is 5.10 Å². The summed E-state index contributed by atoms with van der Waals surface area (Å²) >= 11 is 0. The molecule has 0 atom stereocenters. The van der Waals surface area contributed by atoms with Gasteiger partial charge in [0, 0.05) is 5.71 Å². The molecule has 4 heteroatoms. The number of unbranched alkanes of at least 4 members (excludes halogenated alkanes) is 1.